The van der Waals surface area contributed by atoms with Crippen LogP contribution in [0.4, 0.5) is 5.69 Å². The fourth-order valence-corrected chi connectivity index (χ4v) is 2.16. The summed E-state index contributed by atoms with van der Waals surface area (Å²) in [5.41, 5.74) is 4.66. The minimum absolute atomic E-state index is 0.0316. The summed E-state index contributed by atoms with van der Waals surface area (Å²) < 4.78 is 0. The molecule has 4 N–H and O–H groups in total. The van der Waals surface area contributed by atoms with Crippen LogP contribution in [-0.2, 0) is 6.61 Å². The molecule has 1 heterocycles. The Balaban J connectivity index is 2.04. The number of aromatic nitrogens is 1. The molecule has 0 bridgehead atoms. The molecule has 8 heteroatoms. The maximum Gasteiger partial charge on any atom is 0.191 e. The number of thiocarbonyl (C=S) groups is 1. The summed E-state index contributed by atoms with van der Waals surface area (Å²) in [7, 11) is 0. The monoisotopic (exact) mass is 350 g/mol. The average Bonchev–Trinajstić information content (AvgIpc) is 2.51. The molecule has 0 spiro atoms. The van der Waals surface area contributed by atoms with E-state index in [1.54, 1.807) is 25.1 Å². The number of pyridine rings is 1. The lowest BCUT2D eigenvalue weighted by molar-refractivity contribution is 0.280. The highest BCUT2D eigenvalue weighted by molar-refractivity contribution is 7.80. The minimum Gasteiger partial charge on any atom is -0.505 e. The summed E-state index contributed by atoms with van der Waals surface area (Å²) >= 11 is 11.0. The van der Waals surface area contributed by atoms with Gasteiger partial charge in [-0.05, 0) is 37.3 Å². The van der Waals surface area contributed by atoms with Gasteiger partial charge in [0, 0.05) is 28.0 Å². The number of anilines is 1. The number of aromatic hydroxyl groups is 1. The standard InChI is InChI=1S/C15H15ClN4O2S/c1-9-14(22)13(10(8-21)6-17-9)7-18-20-15(23)19-12-4-2-3-11(16)5-12/h2-7,21-22H,8H2,1H3,(H2,19,20,23)/b18-7+. The van der Waals surface area contributed by atoms with Crippen molar-refractivity contribution in [1.82, 2.24) is 10.4 Å². The zero-order chi connectivity index (χ0) is 16.8. The van der Waals surface area contributed by atoms with E-state index in [1.165, 1.54) is 12.4 Å². The van der Waals surface area contributed by atoms with Crippen molar-refractivity contribution >= 4 is 40.8 Å². The molecular weight excluding hydrogens is 336 g/mol. The van der Waals surface area contributed by atoms with E-state index in [-0.39, 0.29) is 17.5 Å². The van der Waals surface area contributed by atoms with Gasteiger partial charge >= 0.3 is 0 Å². The average molecular weight is 351 g/mol. The van der Waals surface area contributed by atoms with Gasteiger partial charge in [-0.3, -0.25) is 10.4 Å². The van der Waals surface area contributed by atoms with Crippen molar-refractivity contribution in [2.45, 2.75) is 13.5 Å². The summed E-state index contributed by atoms with van der Waals surface area (Å²) in [6, 6.07) is 7.08. The molecule has 0 atom stereocenters. The Morgan fingerprint density at radius 1 is 1.48 bits per heavy atom. The Morgan fingerprint density at radius 3 is 2.96 bits per heavy atom. The second-order valence-corrected chi connectivity index (χ2v) is 5.47. The lowest BCUT2D eigenvalue weighted by atomic mass is 10.1. The van der Waals surface area contributed by atoms with E-state index < -0.39 is 0 Å². The molecule has 1 aromatic heterocycles. The Labute approximate surface area is 143 Å². The van der Waals surface area contributed by atoms with E-state index in [2.05, 4.69) is 20.8 Å². The zero-order valence-electron chi connectivity index (χ0n) is 12.2. The van der Waals surface area contributed by atoms with Crippen molar-refractivity contribution in [3.8, 4) is 5.75 Å². The smallest absolute Gasteiger partial charge is 0.191 e. The maximum atomic E-state index is 9.98. The maximum absolute atomic E-state index is 9.98. The number of nitrogens with one attached hydrogen (secondary N) is 2. The highest BCUT2D eigenvalue weighted by atomic mass is 35.5. The van der Waals surface area contributed by atoms with Crippen LogP contribution < -0.4 is 10.7 Å². The van der Waals surface area contributed by atoms with E-state index in [9.17, 15) is 10.2 Å². The number of rotatable bonds is 4. The van der Waals surface area contributed by atoms with Crippen LogP contribution in [0.1, 0.15) is 16.8 Å². The first-order valence-electron chi connectivity index (χ1n) is 6.65. The Bertz CT molecular complexity index is 752. The van der Waals surface area contributed by atoms with E-state index in [4.69, 9.17) is 23.8 Å². The zero-order valence-corrected chi connectivity index (χ0v) is 13.8. The molecule has 1 aromatic carbocycles. The van der Waals surface area contributed by atoms with Crippen molar-refractivity contribution < 1.29 is 10.2 Å². The number of aliphatic hydroxyl groups is 1. The number of nitrogens with zero attached hydrogens (tertiary/aromatic N) is 2. The molecule has 0 radical (unpaired) electrons. The van der Waals surface area contributed by atoms with E-state index in [0.717, 1.165) is 5.69 Å². The third kappa shape index (κ3) is 4.62. The van der Waals surface area contributed by atoms with Crippen LogP contribution in [0.5, 0.6) is 5.75 Å². The molecular formula is C15H15ClN4O2S. The number of aryl methyl sites for hydroxylation is 1. The van der Waals surface area contributed by atoms with Gasteiger partial charge < -0.3 is 15.5 Å². The Kier molecular flexibility index (Phi) is 5.86. The van der Waals surface area contributed by atoms with Crippen LogP contribution in [0.15, 0.2) is 35.6 Å². The van der Waals surface area contributed by atoms with Crippen LogP contribution in [-0.4, -0.2) is 26.5 Å². The second kappa shape index (κ2) is 7.87. The second-order valence-electron chi connectivity index (χ2n) is 4.62. The van der Waals surface area contributed by atoms with Gasteiger partial charge in [-0.2, -0.15) is 5.10 Å². The van der Waals surface area contributed by atoms with Gasteiger partial charge in [0.2, 0.25) is 0 Å². The van der Waals surface area contributed by atoms with Gasteiger partial charge in [0.1, 0.15) is 5.75 Å². The summed E-state index contributed by atoms with van der Waals surface area (Å²) in [5.74, 6) is -0.0316. The molecule has 120 valence electrons. The highest BCUT2D eigenvalue weighted by Crippen LogP contribution is 2.21. The predicted octanol–water partition coefficient (Wildman–Crippen LogP) is 2.56. The third-order valence-electron chi connectivity index (χ3n) is 2.97. The first-order valence-corrected chi connectivity index (χ1v) is 7.44. The number of hydrogen-bond donors (Lipinski definition) is 4. The van der Waals surface area contributed by atoms with Crippen LogP contribution in [0.3, 0.4) is 0 Å². The van der Waals surface area contributed by atoms with Gasteiger partial charge in [0.15, 0.2) is 5.11 Å². The number of hydrazone groups is 1. The fourth-order valence-electron chi connectivity index (χ4n) is 1.80. The molecule has 0 aliphatic carbocycles. The first kappa shape index (κ1) is 17.1. The SMILES string of the molecule is Cc1ncc(CO)c(/C=N/NC(=S)Nc2cccc(Cl)c2)c1O. The van der Waals surface area contributed by atoms with E-state index in [0.29, 0.717) is 21.8 Å². The number of aliphatic hydroxyl groups excluding tert-OH is 1. The molecule has 2 aromatic rings. The molecule has 0 saturated heterocycles. The topological polar surface area (TPSA) is 89.8 Å². The summed E-state index contributed by atoms with van der Waals surface area (Å²) in [5, 5.41) is 27.0. The molecule has 2 rings (SSSR count). The molecule has 0 unspecified atom stereocenters. The summed E-state index contributed by atoms with van der Waals surface area (Å²) in [6.07, 6.45) is 2.86. The number of halogens is 1. The van der Waals surface area contributed by atoms with Gasteiger partial charge in [0.25, 0.3) is 0 Å². The molecule has 0 saturated carbocycles. The molecule has 23 heavy (non-hydrogen) atoms. The lowest BCUT2D eigenvalue weighted by Crippen LogP contribution is -2.23. The van der Waals surface area contributed by atoms with Crippen LogP contribution in [0.25, 0.3) is 0 Å². The predicted molar refractivity (Wildman–Crippen MR) is 95.0 cm³/mol. The van der Waals surface area contributed by atoms with Crippen molar-refractivity contribution in [1.29, 1.82) is 0 Å². The third-order valence-corrected chi connectivity index (χ3v) is 3.40. The number of hydrogen-bond acceptors (Lipinski definition) is 5. The number of benzene rings is 1. The molecule has 0 fully saturated rings. The highest BCUT2D eigenvalue weighted by Gasteiger charge is 2.09. The molecule has 0 aliphatic heterocycles. The van der Waals surface area contributed by atoms with Gasteiger partial charge in [-0.1, -0.05) is 17.7 Å². The largest absolute Gasteiger partial charge is 0.505 e. The minimum atomic E-state index is -0.257. The van der Waals surface area contributed by atoms with Crippen LogP contribution in [0, 0.1) is 6.92 Å². The van der Waals surface area contributed by atoms with Crippen molar-refractivity contribution in [3.05, 3.63) is 52.3 Å². The van der Waals surface area contributed by atoms with Crippen molar-refractivity contribution in [2.75, 3.05) is 5.32 Å². The fraction of sp³-hybridized carbons (Fsp3) is 0.133. The molecule has 0 aliphatic rings. The molecule has 6 nitrogen and oxygen atoms in total. The lowest BCUT2D eigenvalue weighted by Gasteiger charge is -2.09. The molecule has 0 amide bonds. The van der Waals surface area contributed by atoms with Crippen molar-refractivity contribution in [3.63, 3.8) is 0 Å². The van der Waals surface area contributed by atoms with Gasteiger partial charge in [-0.15, -0.1) is 0 Å². The summed E-state index contributed by atoms with van der Waals surface area (Å²) in [6.45, 7) is 1.40. The Morgan fingerprint density at radius 2 is 2.26 bits per heavy atom. The normalized spacial score (nSPS) is 10.7. The van der Waals surface area contributed by atoms with Crippen LogP contribution >= 0.6 is 23.8 Å². The van der Waals surface area contributed by atoms with Crippen LogP contribution in [0.2, 0.25) is 5.02 Å². The van der Waals surface area contributed by atoms with E-state index in [1.807, 2.05) is 6.07 Å². The quantitative estimate of drug-likeness (QED) is 0.385. The summed E-state index contributed by atoms with van der Waals surface area (Å²) in [4.78, 5) is 3.97. The van der Waals surface area contributed by atoms with Crippen molar-refractivity contribution in [2.24, 2.45) is 5.10 Å². The van der Waals surface area contributed by atoms with E-state index >= 15 is 0 Å². The van der Waals surface area contributed by atoms with Gasteiger partial charge in [0.05, 0.1) is 18.5 Å². The Hall–Kier alpha value is -2.22. The first-order chi connectivity index (χ1) is 11.0. The van der Waals surface area contributed by atoms with Gasteiger partial charge in [-0.25, -0.2) is 0 Å².